The van der Waals surface area contributed by atoms with Crippen molar-refractivity contribution < 1.29 is 0 Å². The Kier molecular flexibility index (Phi) is 5.93. The fourth-order valence-corrected chi connectivity index (χ4v) is 2.62. The molecular formula is C14H23NS. The predicted molar refractivity (Wildman–Crippen MR) is 74.1 cm³/mol. The highest BCUT2D eigenvalue weighted by atomic mass is 32.2. The molecule has 0 amide bonds. The standard InChI is InChI=1S/C14H23NS/c1-5-11(3)14(15-4)12-7-9-13(10-8-12)16-6-2/h7-11,14-15H,5-6H2,1-4H3. The van der Waals surface area contributed by atoms with Crippen LogP contribution in [0.5, 0.6) is 0 Å². The van der Waals surface area contributed by atoms with Crippen LogP contribution in [0.4, 0.5) is 0 Å². The first-order valence-corrected chi connectivity index (χ1v) is 7.11. The maximum Gasteiger partial charge on any atom is 0.0343 e. The van der Waals surface area contributed by atoms with Crippen LogP contribution in [0.1, 0.15) is 38.8 Å². The van der Waals surface area contributed by atoms with Crippen molar-refractivity contribution in [1.29, 1.82) is 0 Å². The van der Waals surface area contributed by atoms with Gasteiger partial charge in [-0.2, -0.15) is 0 Å². The second kappa shape index (κ2) is 6.97. The number of hydrogen-bond acceptors (Lipinski definition) is 2. The molecule has 90 valence electrons. The van der Waals surface area contributed by atoms with E-state index in [-0.39, 0.29) is 0 Å². The topological polar surface area (TPSA) is 12.0 Å². The molecule has 0 aliphatic heterocycles. The van der Waals surface area contributed by atoms with Crippen molar-refractivity contribution in [3.05, 3.63) is 29.8 Å². The third-order valence-electron chi connectivity index (χ3n) is 3.07. The highest BCUT2D eigenvalue weighted by molar-refractivity contribution is 7.99. The Morgan fingerprint density at radius 2 is 1.81 bits per heavy atom. The van der Waals surface area contributed by atoms with Gasteiger partial charge < -0.3 is 5.32 Å². The summed E-state index contributed by atoms with van der Waals surface area (Å²) < 4.78 is 0. The highest BCUT2D eigenvalue weighted by Crippen LogP contribution is 2.26. The molecule has 0 aromatic heterocycles. The van der Waals surface area contributed by atoms with Gasteiger partial charge in [-0.3, -0.25) is 0 Å². The zero-order chi connectivity index (χ0) is 12.0. The molecule has 16 heavy (non-hydrogen) atoms. The van der Waals surface area contributed by atoms with Crippen LogP contribution < -0.4 is 5.32 Å². The lowest BCUT2D eigenvalue weighted by atomic mass is 9.93. The van der Waals surface area contributed by atoms with Gasteiger partial charge in [-0.1, -0.05) is 39.3 Å². The van der Waals surface area contributed by atoms with E-state index in [2.05, 4.69) is 50.4 Å². The summed E-state index contributed by atoms with van der Waals surface area (Å²) in [5, 5.41) is 3.41. The first kappa shape index (κ1) is 13.6. The SMILES string of the molecule is CCSc1ccc(C(NC)C(C)CC)cc1. The number of benzene rings is 1. The molecule has 2 atom stereocenters. The summed E-state index contributed by atoms with van der Waals surface area (Å²) in [5.41, 5.74) is 1.40. The van der Waals surface area contributed by atoms with Gasteiger partial charge >= 0.3 is 0 Å². The van der Waals surface area contributed by atoms with Crippen LogP contribution in [0, 0.1) is 5.92 Å². The van der Waals surface area contributed by atoms with E-state index in [9.17, 15) is 0 Å². The average molecular weight is 237 g/mol. The lowest BCUT2D eigenvalue weighted by molar-refractivity contribution is 0.400. The third kappa shape index (κ3) is 3.53. The number of thioether (sulfide) groups is 1. The van der Waals surface area contributed by atoms with E-state index in [1.54, 1.807) is 0 Å². The van der Waals surface area contributed by atoms with Gasteiger partial charge in [0.1, 0.15) is 0 Å². The zero-order valence-electron chi connectivity index (χ0n) is 10.8. The van der Waals surface area contributed by atoms with E-state index in [1.807, 2.05) is 18.8 Å². The molecule has 1 aromatic carbocycles. The quantitative estimate of drug-likeness (QED) is 0.747. The molecule has 1 nitrogen and oxygen atoms in total. The zero-order valence-corrected chi connectivity index (χ0v) is 11.6. The van der Waals surface area contributed by atoms with Gasteiger partial charge in [-0.25, -0.2) is 0 Å². The van der Waals surface area contributed by atoms with Crippen LogP contribution in [0.15, 0.2) is 29.2 Å². The van der Waals surface area contributed by atoms with Crippen LogP contribution in [-0.2, 0) is 0 Å². The Labute approximate surface area is 104 Å². The second-order valence-electron chi connectivity index (χ2n) is 4.15. The third-order valence-corrected chi connectivity index (χ3v) is 3.97. The first-order valence-electron chi connectivity index (χ1n) is 6.12. The second-order valence-corrected chi connectivity index (χ2v) is 5.49. The minimum atomic E-state index is 0.477. The van der Waals surface area contributed by atoms with E-state index in [0.717, 1.165) is 5.75 Å². The summed E-state index contributed by atoms with van der Waals surface area (Å²) in [4.78, 5) is 1.37. The lowest BCUT2D eigenvalue weighted by Crippen LogP contribution is -2.22. The largest absolute Gasteiger partial charge is 0.313 e. The fraction of sp³-hybridized carbons (Fsp3) is 0.571. The van der Waals surface area contributed by atoms with E-state index in [4.69, 9.17) is 0 Å². The van der Waals surface area contributed by atoms with Crippen molar-refractivity contribution in [2.75, 3.05) is 12.8 Å². The minimum Gasteiger partial charge on any atom is -0.313 e. The molecule has 0 fully saturated rings. The maximum absolute atomic E-state index is 3.41. The highest BCUT2D eigenvalue weighted by Gasteiger charge is 2.15. The maximum atomic E-state index is 3.41. The summed E-state index contributed by atoms with van der Waals surface area (Å²) in [6.07, 6.45) is 1.21. The first-order chi connectivity index (χ1) is 7.72. The summed E-state index contributed by atoms with van der Waals surface area (Å²) in [7, 11) is 2.05. The van der Waals surface area contributed by atoms with Gasteiger partial charge in [-0.05, 0) is 36.4 Å². The number of rotatable bonds is 6. The Hall–Kier alpha value is -0.470. The molecular weight excluding hydrogens is 214 g/mol. The molecule has 0 spiro atoms. The summed E-state index contributed by atoms with van der Waals surface area (Å²) in [6, 6.07) is 9.45. The van der Waals surface area contributed by atoms with E-state index < -0.39 is 0 Å². The number of hydrogen-bond donors (Lipinski definition) is 1. The molecule has 0 heterocycles. The smallest absolute Gasteiger partial charge is 0.0343 e. The Balaban J connectivity index is 2.78. The summed E-state index contributed by atoms with van der Waals surface area (Å²) >= 11 is 1.90. The molecule has 2 heteroatoms. The van der Waals surface area contributed by atoms with E-state index >= 15 is 0 Å². The van der Waals surface area contributed by atoms with Gasteiger partial charge in [0.15, 0.2) is 0 Å². The molecule has 2 unspecified atom stereocenters. The molecule has 1 aromatic rings. The summed E-state index contributed by atoms with van der Waals surface area (Å²) in [5.74, 6) is 1.81. The normalized spacial score (nSPS) is 14.8. The van der Waals surface area contributed by atoms with E-state index in [1.165, 1.54) is 16.9 Å². The molecule has 0 saturated heterocycles. The summed E-state index contributed by atoms with van der Waals surface area (Å²) in [6.45, 7) is 6.74. The van der Waals surface area contributed by atoms with Gasteiger partial charge in [0.25, 0.3) is 0 Å². The predicted octanol–water partition coefficient (Wildman–Crippen LogP) is 4.11. The van der Waals surface area contributed by atoms with Gasteiger partial charge in [0, 0.05) is 10.9 Å². The van der Waals surface area contributed by atoms with Gasteiger partial charge in [0.2, 0.25) is 0 Å². The van der Waals surface area contributed by atoms with Crippen LogP contribution in [-0.4, -0.2) is 12.8 Å². The average Bonchev–Trinajstić information content (AvgIpc) is 2.32. The van der Waals surface area contributed by atoms with Crippen molar-refractivity contribution in [2.45, 2.75) is 38.1 Å². The molecule has 0 bridgehead atoms. The molecule has 0 radical (unpaired) electrons. The molecule has 0 saturated carbocycles. The van der Waals surface area contributed by atoms with Crippen LogP contribution in [0.25, 0.3) is 0 Å². The monoisotopic (exact) mass is 237 g/mol. The van der Waals surface area contributed by atoms with Crippen molar-refractivity contribution in [1.82, 2.24) is 5.32 Å². The van der Waals surface area contributed by atoms with Crippen molar-refractivity contribution >= 4 is 11.8 Å². The van der Waals surface area contributed by atoms with Crippen molar-refractivity contribution in [3.63, 3.8) is 0 Å². The van der Waals surface area contributed by atoms with Crippen LogP contribution >= 0.6 is 11.8 Å². The Morgan fingerprint density at radius 3 is 2.25 bits per heavy atom. The van der Waals surface area contributed by atoms with E-state index in [0.29, 0.717) is 12.0 Å². The fourth-order valence-electron chi connectivity index (χ4n) is 1.95. The van der Waals surface area contributed by atoms with Gasteiger partial charge in [0.05, 0.1) is 0 Å². The minimum absolute atomic E-state index is 0.477. The molecule has 1 rings (SSSR count). The van der Waals surface area contributed by atoms with Crippen molar-refractivity contribution in [2.24, 2.45) is 5.92 Å². The van der Waals surface area contributed by atoms with Crippen LogP contribution in [0.2, 0.25) is 0 Å². The lowest BCUT2D eigenvalue weighted by Gasteiger charge is -2.23. The van der Waals surface area contributed by atoms with Crippen molar-refractivity contribution in [3.8, 4) is 0 Å². The Bertz CT molecular complexity index is 294. The molecule has 0 aliphatic rings. The number of nitrogens with one attached hydrogen (secondary N) is 1. The molecule has 0 aliphatic carbocycles. The van der Waals surface area contributed by atoms with Crippen LogP contribution in [0.3, 0.4) is 0 Å². The van der Waals surface area contributed by atoms with Gasteiger partial charge in [-0.15, -0.1) is 11.8 Å². The Morgan fingerprint density at radius 1 is 1.19 bits per heavy atom. The molecule has 1 N–H and O–H groups in total.